The molecular weight excluding hydrogens is 220 g/mol. The number of alkyl carbamates (subject to hydrolysis) is 1. The zero-order chi connectivity index (χ0) is 11.8. The van der Waals surface area contributed by atoms with Crippen LogP contribution in [0.1, 0.15) is 5.56 Å². The highest BCUT2D eigenvalue weighted by molar-refractivity contribution is 6.01. The van der Waals surface area contributed by atoms with E-state index in [-0.39, 0.29) is 12.5 Å². The second-order valence-corrected chi connectivity index (χ2v) is 4.16. The molecular formula is C12H12N2O3. The number of amides is 2. The lowest BCUT2D eigenvalue weighted by molar-refractivity contribution is -0.120. The smallest absolute Gasteiger partial charge is 0.407 e. The third-order valence-electron chi connectivity index (χ3n) is 3.12. The molecule has 5 heteroatoms. The Labute approximate surface area is 98.4 Å². The van der Waals surface area contributed by atoms with E-state index in [4.69, 9.17) is 4.74 Å². The van der Waals surface area contributed by atoms with Crippen molar-refractivity contribution in [2.24, 2.45) is 0 Å². The molecule has 2 heterocycles. The van der Waals surface area contributed by atoms with Gasteiger partial charge in [0.1, 0.15) is 12.6 Å². The number of anilines is 1. The Morgan fingerprint density at radius 2 is 2.24 bits per heavy atom. The van der Waals surface area contributed by atoms with Crippen molar-refractivity contribution < 1.29 is 14.3 Å². The number of para-hydroxylation sites is 1. The van der Waals surface area contributed by atoms with Gasteiger partial charge in [-0.25, -0.2) is 4.79 Å². The Bertz CT molecular complexity index is 486. The largest absolute Gasteiger partial charge is 0.447 e. The summed E-state index contributed by atoms with van der Waals surface area (Å²) >= 11 is 0. The fourth-order valence-corrected chi connectivity index (χ4v) is 2.27. The van der Waals surface area contributed by atoms with E-state index < -0.39 is 12.1 Å². The highest BCUT2D eigenvalue weighted by atomic mass is 16.6. The summed E-state index contributed by atoms with van der Waals surface area (Å²) in [6.45, 7) is 0.793. The third-order valence-corrected chi connectivity index (χ3v) is 3.12. The van der Waals surface area contributed by atoms with Gasteiger partial charge in [0, 0.05) is 12.2 Å². The summed E-state index contributed by atoms with van der Waals surface area (Å²) in [5, 5.41) is 2.51. The number of rotatable bonds is 1. The summed E-state index contributed by atoms with van der Waals surface area (Å²) in [5.74, 6) is -0.0965. The number of fused-ring (bicyclic) bond motifs is 1. The fourth-order valence-electron chi connectivity index (χ4n) is 2.27. The average Bonchev–Trinajstić information content (AvgIpc) is 2.94. The van der Waals surface area contributed by atoms with Crippen molar-refractivity contribution in [2.75, 3.05) is 18.1 Å². The number of nitrogens with zero attached hydrogens (tertiary/aromatic N) is 1. The molecule has 88 valence electrons. The number of cyclic esters (lactones) is 1. The number of nitrogens with one attached hydrogen (secondary N) is 1. The first kappa shape index (κ1) is 10.1. The van der Waals surface area contributed by atoms with Gasteiger partial charge < -0.3 is 15.0 Å². The predicted octanol–water partition coefficient (Wildman–Crippen LogP) is 0.684. The van der Waals surface area contributed by atoms with Crippen molar-refractivity contribution >= 4 is 17.7 Å². The van der Waals surface area contributed by atoms with Crippen LogP contribution in [0.3, 0.4) is 0 Å². The monoisotopic (exact) mass is 232 g/mol. The summed E-state index contributed by atoms with van der Waals surface area (Å²) in [6, 6.07) is 7.28. The SMILES string of the molecule is O=C1NC(C(=O)N2CCc3ccccc32)CO1. The summed E-state index contributed by atoms with van der Waals surface area (Å²) in [4.78, 5) is 24.8. The molecule has 1 fully saturated rings. The number of carbonyl (C=O) groups is 2. The zero-order valence-electron chi connectivity index (χ0n) is 9.18. The maximum atomic E-state index is 12.2. The second-order valence-electron chi connectivity index (χ2n) is 4.16. The van der Waals surface area contributed by atoms with Gasteiger partial charge in [-0.3, -0.25) is 4.79 Å². The molecule has 1 atom stereocenters. The van der Waals surface area contributed by atoms with E-state index in [1.165, 1.54) is 5.56 Å². The van der Waals surface area contributed by atoms with E-state index in [1.807, 2.05) is 24.3 Å². The molecule has 2 amide bonds. The average molecular weight is 232 g/mol. The van der Waals surface area contributed by atoms with Crippen molar-refractivity contribution in [1.29, 1.82) is 0 Å². The van der Waals surface area contributed by atoms with Gasteiger partial charge in [-0.1, -0.05) is 18.2 Å². The summed E-state index contributed by atoms with van der Waals surface area (Å²) < 4.78 is 4.74. The maximum absolute atomic E-state index is 12.2. The van der Waals surface area contributed by atoms with Gasteiger partial charge >= 0.3 is 6.09 Å². The third kappa shape index (κ3) is 1.63. The summed E-state index contributed by atoms with van der Waals surface area (Å²) in [7, 11) is 0. The Morgan fingerprint density at radius 1 is 1.41 bits per heavy atom. The lowest BCUT2D eigenvalue weighted by Gasteiger charge is -2.19. The van der Waals surface area contributed by atoms with Gasteiger partial charge in [-0.05, 0) is 18.1 Å². The molecule has 0 bridgehead atoms. The maximum Gasteiger partial charge on any atom is 0.407 e. The lowest BCUT2D eigenvalue weighted by Crippen LogP contribution is -2.45. The second kappa shape index (κ2) is 3.76. The molecule has 0 spiro atoms. The van der Waals surface area contributed by atoms with Crippen LogP contribution in [0.2, 0.25) is 0 Å². The van der Waals surface area contributed by atoms with Gasteiger partial charge in [0.15, 0.2) is 0 Å². The highest BCUT2D eigenvalue weighted by Gasteiger charge is 2.35. The number of benzene rings is 1. The molecule has 0 radical (unpaired) electrons. The quantitative estimate of drug-likeness (QED) is 0.774. The summed E-state index contributed by atoms with van der Waals surface area (Å²) in [5.41, 5.74) is 2.12. The van der Waals surface area contributed by atoms with E-state index in [1.54, 1.807) is 4.90 Å². The van der Waals surface area contributed by atoms with E-state index in [2.05, 4.69) is 5.32 Å². The van der Waals surface area contributed by atoms with E-state index in [0.717, 1.165) is 12.1 Å². The topological polar surface area (TPSA) is 58.6 Å². The normalized spacial score (nSPS) is 22.0. The number of hydrogen-bond donors (Lipinski definition) is 1. The minimum absolute atomic E-state index is 0.0965. The Morgan fingerprint density at radius 3 is 3.00 bits per heavy atom. The minimum atomic E-state index is -0.548. The molecule has 0 aromatic heterocycles. The first-order valence-corrected chi connectivity index (χ1v) is 5.58. The molecule has 2 aliphatic heterocycles. The number of hydrogen-bond acceptors (Lipinski definition) is 3. The molecule has 1 aromatic carbocycles. The number of carbonyl (C=O) groups excluding carboxylic acids is 2. The number of ether oxygens (including phenoxy) is 1. The van der Waals surface area contributed by atoms with Crippen molar-refractivity contribution in [2.45, 2.75) is 12.5 Å². The molecule has 0 saturated carbocycles. The van der Waals surface area contributed by atoms with Gasteiger partial charge in [0.2, 0.25) is 0 Å². The molecule has 2 aliphatic rings. The van der Waals surface area contributed by atoms with E-state index in [0.29, 0.717) is 6.54 Å². The van der Waals surface area contributed by atoms with Gasteiger partial charge in [-0.2, -0.15) is 0 Å². The first-order chi connectivity index (χ1) is 8.25. The molecule has 1 N–H and O–H groups in total. The first-order valence-electron chi connectivity index (χ1n) is 5.58. The van der Waals surface area contributed by atoms with Crippen LogP contribution < -0.4 is 10.2 Å². The fraction of sp³-hybridized carbons (Fsp3) is 0.333. The minimum Gasteiger partial charge on any atom is -0.447 e. The highest BCUT2D eigenvalue weighted by Crippen LogP contribution is 2.28. The molecule has 1 aromatic rings. The van der Waals surface area contributed by atoms with E-state index >= 15 is 0 Å². The molecule has 17 heavy (non-hydrogen) atoms. The van der Waals surface area contributed by atoms with Crippen molar-refractivity contribution in [1.82, 2.24) is 5.32 Å². The Hall–Kier alpha value is -2.04. The van der Waals surface area contributed by atoms with Crippen LogP contribution in [0.15, 0.2) is 24.3 Å². The van der Waals surface area contributed by atoms with Gasteiger partial charge in [-0.15, -0.1) is 0 Å². The molecule has 0 aliphatic carbocycles. The van der Waals surface area contributed by atoms with Crippen LogP contribution in [-0.4, -0.2) is 31.2 Å². The van der Waals surface area contributed by atoms with Crippen LogP contribution in [0.25, 0.3) is 0 Å². The van der Waals surface area contributed by atoms with Gasteiger partial charge in [0.25, 0.3) is 5.91 Å². The van der Waals surface area contributed by atoms with Crippen molar-refractivity contribution in [3.63, 3.8) is 0 Å². The molecule has 1 unspecified atom stereocenters. The van der Waals surface area contributed by atoms with Crippen molar-refractivity contribution in [3.05, 3.63) is 29.8 Å². The van der Waals surface area contributed by atoms with Crippen LogP contribution >= 0.6 is 0 Å². The van der Waals surface area contributed by atoms with Crippen LogP contribution in [-0.2, 0) is 16.0 Å². The standard InChI is InChI=1S/C12H12N2O3/c15-11(9-7-17-12(16)13-9)14-6-5-8-3-1-2-4-10(8)14/h1-4,9H,5-7H2,(H,13,16). The zero-order valence-corrected chi connectivity index (χ0v) is 9.18. The summed E-state index contributed by atoms with van der Waals surface area (Å²) in [6.07, 6.45) is 0.347. The van der Waals surface area contributed by atoms with Crippen LogP contribution in [0, 0.1) is 0 Å². The van der Waals surface area contributed by atoms with Gasteiger partial charge in [0.05, 0.1) is 0 Å². The van der Waals surface area contributed by atoms with E-state index in [9.17, 15) is 9.59 Å². The molecule has 3 rings (SSSR count). The Balaban J connectivity index is 1.82. The van der Waals surface area contributed by atoms with Crippen LogP contribution in [0.5, 0.6) is 0 Å². The molecule has 1 saturated heterocycles. The lowest BCUT2D eigenvalue weighted by atomic mass is 10.2. The molecule has 5 nitrogen and oxygen atoms in total. The van der Waals surface area contributed by atoms with Crippen molar-refractivity contribution in [3.8, 4) is 0 Å². The Kier molecular flexibility index (Phi) is 2.24. The van der Waals surface area contributed by atoms with Crippen LogP contribution in [0.4, 0.5) is 10.5 Å². The predicted molar refractivity (Wildman–Crippen MR) is 60.8 cm³/mol.